The molecule has 0 atom stereocenters. The largest absolute Gasteiger partial charge is 0.456 e. The maximum atomic E-state index is 12.1. The Kier molecular flexibility index (Phi) is 4.00. The Morgan fingerprint density at radius 2 is 1.87 bits per heavy atom. The highest BCUT2D eigenvalue weighted by Crippen LogP contribution is 2.13. The smallest absolute Gasteiger partial charge is 0.338 e. The van der Waals surface area contributed by atoms with Gasteiger partial charge in [-0.05, 0) is 32.9 Å². The van der Waals surface area contributed by atoms with Gasteiger partial charge in [0.15, 0.2) is 4.96 Å². The molecule has 0 amide bonds. The minimum Gasteiger partial charge on any atom is -0.456 e. The van der Waals surface area contributed by atoms with E-state index >= 15 is 0 Å². The molecule has 0 aliphatic rings. The highest BCUT2D eigenvalue weighted by Gasteiger charge is 2.11. The van der Waals surface area contributed by atoms with Gasteiger partial charge in [0.1, 0.15) is 6.61 Å². The summed E-state index contributed by atoms with van der Waals surface area (Å²) in [5.41, 5.74) is 3.65. The van der Waals surface area contributed by atoms with Crippen molar-refractivity contribution in [3.8, 4) is 0 Å². The number of ether oxygens (including phenoxy) is 1. The number of hydrogen-bond donors (Lipinski definition) is 0. The van der Waals surface area contributed by atoms with Crippen molar-refractivity contribution >= 4 is 22.3 Å². The summed E-state index contributed by atoms with van der Waals surface area (Å²) in [7, 11) is 0. The minimum absolute atomic E-state index is 0.0193. The molecule has 1 aromatic carbocycles. The van der Waals surface area contributed by atoms with Gasteiger partial charge in [0.2, 0.25) is 0 Å². The van der Waals surface area contributed by atoms with E-state index in [-0.39, 0.29) is 12.2 Å². The summed E-state index contributed by atoms with van der Waals surface area (Å²) in [6.07, 6.45) is 0. The average Bonchev–Trinajstić information content (AvgIpc) is 2.85. The lowest BCUT2D eigenvalue weighted by Gasteiger charge is -2.06. The van der Waals surface area contributed by atoms with E-state index in [1.54, 1.807) is 16.5 Å². The summed E-state index contributed by atoms with van der Waals surface area (Å²) in [5.74, 6) is -0.416. The third-order valence-electron chi connectivity index (χ3n) is 3.44. The van der Waals surface area contributed by atoms with E-state index in [0.29, 0.717) is 16.2 Å². The van der Waals surface area contributed by atoms with Crippen LogP contribution in [0.15, 0.2) is 34.4 Å². The van der Waals surface area contributed by atoms with Crippen LogP contribution in [0.3, 0.4) is 0 Å². The molecule has 5 nitrogen and oxygen atoms in total. The summed E-state index contributed by atoms with van der Waals surface area (Å²) >= 11 is 1.39. The highest BCUT2D eigenvalue weighted by molar-refractivity contribution is 7.15. The Morgan fingerprint density at radius 3 is 2.57 bits per heavy atom. The summed E-state index contributed by atoms with van der Waals surface area (Å²) in [4.78, 5) is 29.2. The molecule has 3 rings (SSSR count). The van der Waals surface area contributed by atoms with Crippen molar-refractivity contribution in [3.63, 3.8) is 0 Å². The SMILES string of the molecule is Cc1cc(C)cc(C(=O)OCc2cc(=O)n3c(C)csc3n2)c1. The molecule has 0 aliphatic carbocycles. The van der Waals surface area contributed by atoms with Gasteiger partial charge in [-0.15, -0.1) is 11.3 Å². The van der Waals surface area contributed by atoms with E-state index in [9.17, 15) is 9.59 Å². The van der Waals surface area contributed by atoms with E-state index in [1.807, 2.05) is 32.2 Å². The Labute approximate surface area is 137 Å². The Bertz CT molecular complexity index is 936. The van der Waals surface area contributed by atoms with E-state index < -0.39 is 5.97 Å². The maximum Gasteiger partial charge on any atom is 0.338 e. The second-order valence-corrected chi connectivity index (χ2v) is 6.37. The van der Waals surface area contributed by atoms with Gasteiger partial charge in [0.05, 0.1) is 11.3 Å². The first-order chi connectivity index (χ1) is 10.9. The van der Waals surface area contributed by atoms with Crippen LogP contribution in [0.1, 0.15) is 32.9 Å². The number of aromatic nitrogens is 2. The van der Waals surface area contributed by atoms with Gasteiger partial charge in [-0.25, -0.2) is 9.78 Å². The zero-order valence-corrected chi connectivity index (χ0v) is 13.9. The second kappa shape index (κ2) is 5.96. The van der Waals surface area contributed by atoms with Crippen molar-refractivity contribution in [2.24, 2.45) is 0 Å². The van der Waals surface area contributed by atoms with Gasteiger partial charge in [-0.2, -0.15) is 0 Å². The summed E-state index contributed by atoms with van der Waals surface area (Å²) < 4.78 is 6.83. The fraction of sp³-hybridized carbons (Fsp3) is 0.235. The molecule has 0 saturated heterocycles. The number of thiazole rings is 1. The van der Waals surface area contributed by atoms with Gasteiger partial charge in [0.25, 0.3) is 5.56 Å². The number of carbonyl (C=O) groups is 1. The minimum atomic E-state index is -0.416. The summed E-state index contributed by atoms with van der Waals surface area (Å²) in [6, 6.07) is 6.96. The number of fused-ring (bicyclic) bond motifs is 1. The lowest BCUT2D eigenvalue weighted by molar-refractivity contribution is 0.0467. The molecule has 23 heavy (non-hydrogen) atoms. The number of carbonyl (C=O) groups excluding carboxylic acids is 1. The molecule has 2 aromatic heterocycles. The molecule has 0 N–H and O–H groups in total. The Hall–Kier alpha value is -2.47. The third-order valence-corrected chi connectivity index (χ3v) is 4.38. The third kappa shape index (κ3) is 3.17. The highest BCUT2D eigenvalue weighted by atomic mass is 32.1. The zero-order valence-electron chi connectivity index (χ0n) is 13.1. The lowest BCUT2D eigenvalue weighted by atomic mass is 10.1. The number of hydrogen-bond acceptors (Lipinski definition) is 5. The summed E-state index contributed by atoms with van der Waals surface area (Å²) in [5, 5.41) is 1.87. The maximum absolute atomic E-state index is 12.1. The molecule has 0 bridgehead atoms. The average molecular weight is 328 g/mol. The molecule has 0 saturated carbocycles. The van der Waals surface area contributed by atoms with Crippen LogP contribution in [0, 0.1) is 20.8 Å². The molecule has 118 valence electrons. The topological polar surface area (TPSA) is 60.7 Å². The van der Waals surface area contributed by atoms with Crippen LogP contribution in [0.5, 0.6) is 0 Å². The van der Waals surface area contributed by atoms with Crippen LogP contribution in [-0.4, -0.2) is 15.4 Å². The monoisotopic (exact) mass is 328 g/mol. The molecular weight excluding hydrogens is 312 g/mol. The van der Waals surface area contributed by atoms with Gasteiger partial charge >= 0.3 is 5.97 Å². The quantitative estimate of drug-likeness (QED) is 0.693. The standard InChI is InChI=1S/C17H16N2O3S/c1-10-4-11(2)6-13(5-10)16(21)22-8-14-7-15(20)19-12(3)9-23-17(19)18-14/h4-7,9H,8H2,1-3H3. The predicted octanol–water partition coefficient (Wildman–Crippen LogP) is 3.04. The normalized spacial score (nSPS) is 10.9. The van der Waals surface area contributed by atoms with E-state index in [1.165, 1.54) is 17.4 Å². The van der Waals surface area contributed by atoms with Crippen molar-refractivity contribution in [1.82, 2.24) is 9.38 Å². The fourth-order valence-electron chi connectivity index (χ4n) is 2.49. The van der Waals surface area contributed by atoms with Crippen LogP contribution in [-0.2, 0) is 11.3 Å². The Morgan fingerprint density at radius 1 is 1.17 bits per heavy atom. The summed E-state index contributed by atoms with van der Waals surface area (Å²) in [6.45, 7) is 5.69. The predicted molar refractivity (Wildman–Crippen MR) is 89.1 cm³/mol. The van der Waals surface area contributed by atoms with Crippen LogP contribution >= 0.6 is 11.3 Å². The lowest BCUT2D eigenvalue weighted by Crippen LogP contribution is -2.16. The Balaban J connectivity index is 1.80. The number of nitrogens with zero attached hydrogens (tertiary/aromatic N) is 2. The molecule has 0 fully saturated rings. The van der Waals surface area contributed by atoms with Crippen LogP contribution < -0.4 is 5.56 Å². The first-order valence-electron chi connectivity index (χ1n) is 7.16. The number of aryl methyl sites for hydroxylation is 3. The van der Waals surface area contributed by atoms with Crippen molar-refractivity contribution in [3.05, 3.63) is 68.1 Å². The number of esters is 1. The van der Waals surface area contributed by atoms with Crippen LogP contribution in [0.4, 0.5) is 0 Å². The van der Waals surface area contributed by atoms with Gasteiger partial charge in [-0.1, -0.05) is 17.2 Å². The molecule has 6 heteroatoms. The molecule has 0 spiro atoms. The molecule has 0 aliphatic heterocycles. The first-order valence-corrected chi connectivity index (χ1v) is 8.04. The van der Waals surface area contributed by atoms with E-state index in [0.717, 1.165) is 16.8 Å². The molecule has 2 heterocycles. The van der Waals surface area contributed by atoms with Crippen molar-refractivity contribution in [2.75, 3.05) is 0 Å². The van der Waals surface area contributed by atoms with Crippen molar-refractivity contribution in [2.45, 2.75) is 27.4 Å². The zero-order chi connectivity index (χ0) is 16.6. The van der Waals surface area contributed by atoms with E-state index in [2.05, 4.69) is 4.98 Å². The van der Waals surface area contributed by atoms with Crippen LogP contribution in [0.25, 0.3) is 4.96 Å². The van der Waals surface area contributed by atoms with Gasteiger partial charge < -0.3 is 4.74 Å². The molecule has 3 aromatic rings. The first kappa shape index (κ1) is 15.4. The molecule has 0 unspecified atom stereocenters. The molecule has 0 radical (unpaired) electrons. The fourth-order valence-corrected chi connectivity index (χ4v) is 3.38. The van der Waals surface area contributed by atoms with Crippen molar-refractivity contribution < 1.29 is 9.53 Å². The molecular formula is C17H16N2O3S. The van der Waals surface area contributed by atoms with Gasteiger partial charge in [0, 0.05) is 17.1 Å². The van der Waals surface area contributed by atoms with Crippen molar-refractivity contribution in [1.29, 1.82) is 0 Å². The van der Waals surface area contributed by atoms with Crippen LogP contribution in [0.2, 0.25) is 0 Å². The van der Waals surface area contributed by atoms with E-state index in [4.69, 9.17) is 4.74 Å². The van der Waals surface area contributed by atoms with Gasteiger partial charge in [-0.3, -0.25) is 9.20 Å². The number of rotatable bonds is 3. The number of benzene rings is 1. The second-order valence-electron chi connectivity index (χ2n) is 5.53.